The van der Waals surface area contributed by atoms with Crippen LogP contribution in [0, 0.1) is 0 Å². The molecule has 0 saturated carbocycles. The molecule has 0 aliphatic heterocycles. The first-order chi connectivity index (χ1) is 17.3. The number of hydrogen-bond donors (Lipinski definition) is 1. The summed E-state index contributed by atoms with van der Waals surface area (Å²) in [5, 5.41) is 3.09. The number of benzene rings is 3. The van der Waals surface area contributed by atoms with Crippen LogP contribution in [0.2, 0.25) is 0 Å². The molecule has 0 heterocycles. The van der Waals surface area contributed by atoms with E-state index in [0.29, 0.717) is 23.6 Å². The lowest BCUT2D eigenvalue weighted by Gasteiger charge is -2.30. The summed E-state index contributed by atoms with van der Waals surface area (Å²) < 4.78 is 32.5. The Hall–Kier alpha value is -3.32. The number of para-hydroxylation sites is 1. The van der Waals surface area contributed by atoms with Crippen molar-refractivity contribution in [3.63, 3.8) is 0 Å². The summed E-state index contributed by atoms with van der Waals surface area (Å²) in [6.45, 7) is 3.64. The molecule has 0 unspecified atom stereocenters. The van der Waals surface area contributed by atoms with E-state index < -0.39 is 16.1 Å². The van der Waals surface area contributed by atoms with E-state index in [1.165, 1.54) is 24.0 Å². The number of amides is 1. The topological polar surface area (TPSA) is 75.7 Å². The van der Waals surface area contributed by atoms with Gasteiger partial charge in [0.15, 0.2) is 0 Å². The van der Waals surface area contributed by atoms with Gasteiger partial charge in [-0.1, -0.05) is 43.3 Å². The standard InChI is InChI=1S/C29H34N2O4S/c1-4-28(24-15-14-22-10-8-9-11-23(22)20-24)30-29(32)21(2)31(36(3,33)34)25-16-18-27(19-17-25)35-26-12-6-5-7-13-26/h5-7,12-21,28H,4,8-11H2,1-3H3,(H,30,32)/t21-,28+/m0/s1. The second kappa shape index (κ2) is 11.2. The van der Waals surface area contributed by atoms with Crippen molar-refractivity contribution in [3.8, 4) is 11.5 Å². The number of rotatable bonds is 9. The fourth-order valence-corrected chi connectivity index (χ4v) is 5.95. The predicted octanol–water partition coefficient (Wildman–Crippen LogP) is 5.78. The Bertz CT molecular complexity index is 1290. The van der Waals surface area contributed by atoms with Gasteiger partial charge in [0.1, 0.15) is 17.5 Å². The van der Waals surface area contributed by atoms with E-state index in [0.717, 1.165) is 29.0 Å². The molecule has 0 aromatic heterocycles. The Morgan fingerprint density at radius 2 is 1.58 bits per heavy atom. The Kier molecular flexibility index (Phi) is 7.99. The minimum Gasteiger partial charge on any atom is -0.457 e. The van der Waals surface area contributed by atoms with E-state index in [-0.39, 0.29) is 11.9 Å². The third-order valence-electron chi connectivity index (χ3n) is 6.66. The first-order valence-electron chi connectivity index (χ1n) is 12.5. The molecular weight excluding hydrogens is 472 g/mol. The molecule has 0 saturated heterocycles. The number of carbonyl (C=O) groups excluding carboxylic acids is 1. The van der Waals surface area contributed by atoms with Gasteiger partial charge in [0.2, 0.25) is 15.9 Å². The number of anilines is 1. The van der Waals surface area contributed by atoms with E-state index in [1.807, 2.05) is 37.3 Å². The van der Waals surface area contributed by atoms with Crippen molar-refractivity contribution in [3.05, 3.63) is 89.5 Å². The molecule has 6 nitrogen and oxygen atoms in total. The molecule has 0 fully saturated rings. The molecule has 1 aliphatic carbocycles. The zero-order valence-corrected chi connectivity index (χ0v) is 21.9. The largest absolute Gasteiger partial charge is 0.457 e. The van der Waals surface area contributed by atoms with Gasteiger partial charge >= 0.3 is 0 Å². The number of aryl methyl sites for hydroxylation is 2. The summed E-state index contributed by atoms with van der Waals surface area (Å²) >= 11 is 0. The maximum atomic E-state index is 13.3. The number of nitrogens with one attached hydrogen (secondary N) is 1. The van der Waals surface area contributed by atoms with Gasteiger partial charge in [-0.2, -0.15) is 0 Å². The number of hydrogen-bond acceptors (Lipinski definition) is 4. The van der Waals surface area contributed by atoms with Crippen LogP contribution in [0.4, 0.5) is 5.69 Å². The van der Waals surface area contributed by atoms with E-state index in [9.17, 15) is 13.2 Å². The summed E-state index contributed by atoms with van der Waals surface area (Å²) in [5.74, 6) is 0.925. The van der Waals surface area contributed by atoms with E-state index in [4.69, 9.17) is 4.74 Å². The average molecular weight is 507 g/mol. The van der Waals surface area contributed by atoms with Crippen molar-refractivity contribution in [2.45, 2.75) is 58.0 Å². The normalized spacial score (nSPS) is 14.9. The Balaban J connectivity index is 1.51. The third-order valence-corrected chi connectivity index (χ3v) is 7.90. The first kappa shape index (κ1) is 25.8. The summed E-state index contributed by atoms with van der Waals surface area (Å²) in [5.41, 5.74) is 4.21. The first-order valence-corrected chi connectivity index (χ1v) is 14.4. The number of fused-ring (bicyclic) bond motifs is 1. The molecule has 3 aromatic carbocycles. The van der Waals surface area contributed by atoms with E-state index in [2.05, 4.69) is 23.5 Å². The van der Waals surface area contributed by atoms with Gasteiger partial charge in [-0.05, 0) is 92.1 Å². The lowest BCUT2D eigenvalue weighted by atomic mass is 9.88. The van der Waals surface area contributed by atoms with E-state index >= 15 is 0 Å². The second-order valence-electron chi connectivity index (χ2n) is 9.35. The van der Waals surface area contributed by atoms with Crippen LogP contribution in [0.1, 0.15) is 55.8 Å². The molecule has 190 valence electrons. The molecule has 0 bridgehead atoms. The van der Waals surface area contributed by atoms with Crippen molar-refractivity contribution in [1.82, 2.24) is 5.32 Å². The zero-order valence-electron chi connectivity index (χ0n) is 21.1. The monoisotopic (exact) mass is 506 g/mol. The highest BCUT2D eigenvalue weighted by Crippen LogP contribution is 2.29. The second-order valence-corrected chi connectivity index (χ2v) is 11.2. The van der Waals surface area contributed by atoms with Crippen molar-refractivity contribution >= 4 is 21.6 Å². The number of carbonyl (C=O) groups is 1. The summed E-state index contributed by atoms with van der Waals surface area (Å²) in [4.78, 5) is 13.3. The molecule has 0 radical (unpaired) electrons. The molecule has 36 heavy (non-hydrogen) atoms. The third kappa shape index (κ3) is 6.08. The molecule has 1 aliphatic rings. The molecule has 7 heteroatoms. The zero-order chi connectivity index (χ0) is 25.7. The minimum absolute atomic E-state index is 0.185. The maximum Gasteiger partial charge on any atom is 0.244 e. The number of ether oxygens (including phenoxy) is 1. The molecule has 1 N–H and O–H groups in total. The molecule has 3 aromatic rings. The SMILES string of the molecule is CC[C@@H](NC(=O)[C@H](C)N(c1ccc(Oc2ccccc2)cc1)S(C)(=O)=O)c1ccc2c(c1)CCCC2. The van der Waals surface area contributed by atoms with Gasteiger partial charge in [-0.3, -0.25) is 9.10 Å². The number of sulfonamides is 1. The van der Waals surface area contributed by atoms with Crippen molar-refractivity contribution in [2.75, 3.05) is 10.6 Å². The van der Waals surface area contributed by atoms with Crippen LogP contribution in [0.3, 0.4) is 0 Å². The van der Waals surface area contributed by atoms with Crippen LogP contribution in [0.25, 0.3) is 0 Å². The Labute approximate surface area is 214 Å². The van der Waals surface area contributed by atoms with Crippen LogP contribution in [-0.2, 0) is 27.7 Å². The fourth-order valence-electron chi connectivity index (χ4n) is 4.78. The van der Waals surface area contributed by atoms with Crippen molar-refractivity contribution in [1.29, 1.82) is 0 Å². The Morgan fingerprint density at radius 1 is 0.944 bits per heavy atom. The van der Waals surface area contributed by atoms with Crippen LogP contribution in [0.5, 0.6) is 11.5 Å². The Morgan fingerprint density at radius 3 is 2.22 bits per heavy atom. The number of nitrogens with zero attached hydrogens (tertiary/aromatic N) is 1. The van der Waals surface area contributed by atoms with Gasteiger partial charge < -0.3 is 10.1 Å². The maximum absolute atomic E-state index is 13.3. The highest BCUT2D eigenvalue weighted by Gasteiger charge is 2.30. The van der Waals surface area contributed by atoms with Gasteiger partial charge in [0, 0.05) is 0 Å². The van der Waals surface area contributed by atoms with Gasteiger partial charge in [0.25, 0.3) is 0 Å². The van der Waals surface area contributed by atoms with Crippen LogP contribution >= 0.6 is 0 Å². The average Bonchev–Trinajstić information content (AvgIpc) is 2.87. The van der Waals surface area contributed by atoms with Crippen LogP contribution in [-0.4, -0.2) is 26.6 Å². The summed E-state index contributed by atoms with van der Waals surface area (Å²) in [7, 11) is -3.72. The summed E-state index contributed by atoms with van der Waals surface area (Å²) in [6, 6.07) is 21.4. The molecule has 4 rings (SSSR count). The lowest BCUT2D eigenvalue weighted by Crippen LogP contribution is -2.48. The molecular formula is C29H34N2O4S. The highest BCUT2D eigenvalue weighted by atomic mass is 32.2. The smallest absolute Gasteiger partial charge is 0.244 e. The quantitative estimate of drug-likeness (QED) is 0.399. The van der Waals surface area contributed by atoms with Crippen LogP contribution in [0.15, 0.2) is 72.8 Å². The molecule has 2 atom stereocenters. The molecule has 1 amide bonds. The van der Waals surface area contributed by atoms with Crippen molar-refractivity contribution in [2.24, 2.45) is 0 Å². The minimum atomic E-state index is -3.72. The van der Waals surface area contributed by atoms with Gasteiger partial charge in [-0.15, -0.1) is 0 Å². The van der Waals surface area contributed by atoms with Gasteiger partial charge in [-0.25, -0.2) is 8.42 Å². The van der Waals surface area contributed by atoms with E-state index in [1.54, 1.807) is 31.2 Å². The fraction of sp³-hybridized carbons (Fsp3) is 0.345. The van der Waals surface area contributed by atoms with Gasteiger partial charge in [0.05, 0.1) is 18.0 Å². The molecule has 0 spiro atoms. The summed E-state index contributed by atoms with van der Waals surface area (Å²) in [6.07, 6.45) is 6.41. The highest BCUT2D eigenvalue weighted by molar-refractivity contribution is 7.92. The lowest BCUT2D eigenvalue weighted by molar-refractivity contribution is -0.122. The predicted molar refractivity (Wildman–Crippen MR) is 144 cm³/mol. The van der Waals surface area contributed by atoms with Crippen LogP contribution < -0.4 is 14.4 Å². The van der Waals surface area contributed by atoms with Crippen molar-refractivity contribution < 1.29 is 17.9 Å².